The van der Waals surface area contributed by atoms with Crippen molar-refractivity contribution in [2.45, 2.75) is 0 Å². The van der Waals surface area contributed by atoms with Crippen LogP contribution in [0.5, 0.6) is 0 Å². The molecule has 2 aromatic carbocycles. The van der Waals surface area contributed by atoms with E-state index in [9.17, 15) is 28.1 Å². The summed E-state index contributed by atoms with van der Waals surface area (Å²) >= 11 is 0. The van der Waals surface area contributed by atoms with Gasteiger partial charge in [0.1, 0.15) is 17.3 Å². The molecule has 11 heteroatoms. The molecule has 2 aliphatic rings. The van der Waals surface area contributed by atoms with Gasteiger partial charge >= 0.3 is 0 Å². The highest BCUT2D eigenvalue weighted by Gasteiger charge is 2.30. The first-order valence-corrected chi connectivity index (χ1v) is 10.7. The van der Waals surface area contributed by atoms with E-state index in [1.54, 1.807) is 4.90 Å². The largest absolute Gasteiger partial charge is 0.367 e. The zero-order valence-electron chi connectivity index (χ0n) is 18.1. The van der Waals surface area contributed by atoms with Crippen LogP contribution in [0.15, 0.2) is 30.3 Å². The average Bonchev–Trinajstić information content (AvgIpc) is 2.79. The normalized spacial score (nSPS) is 17.4. The molecule has 33 heavy (non-hydrogen) atoms. The molecule has 1 amide bonds. The fourth-order valence-electron chi connectivity index (χ4n) is 4.21. The third kappa shape index (κ3) is 4.72. The number of nitro benzene ring substituents is 1. The molecule has 0 atom stereocenters. The van der Waals surface area contributed by atoms with Crippen molar-refractivity contribution in [1.29, 1.82) is 0 Å². The van der Waals surface area contributed by atoms with Crippen LogP contribution in [0.3, 0.4) is 0 Å². The maximum atomic E-state index is 14.8. The molecule has 0 aliphatic carbocycles. The fraction of sp³-hybridized carbons (Fsp3) is 0.409. The highest BCUT2D eigenvalue weighted by atomic mass is 19.1. The number of piperazine rings is 2. The topological polar surface area (TPSA) is 73.2 Å². The molecule has 2 fully saturated rings. The van der Waals surface area contributed by atoms with Gasteiger partial charge in [0.2, 0.25) is 0 Å². The zero-order chi connectivity index (χ0) is 23.7. The molecule has 0 saturated carbocycles. The van der Waals surface area contributed by atoms with E-state index >= 15 is 0 Å². The Bertz CT molecular complexity index is 1070. The van der Waals surface area contributed by atoms with E-state index in [1.165, 1.54) is 11.0 Å². The Kier molecular flexibility index (Phi) is 6.41. The van der Waals surface area contributed by atoms with Crippen LogP contribution in [0.4, 0.5) is 30.2 Å². The zero-order valence-corrected chi connectivity index (χ0v) is 18.1. The highest BCUT2D eigenvalue weighted by molar-refractivity contribution is 5.94. The highest BCUT2D eigenvalue weighted by Crippen LogP contribution is 2.36. The lowest BCUT2D eigenvalue weighted by atomic mass is 10.1. The minimum atomic E-state index is -0.937. The first kappa shape index (κ1) is 22.8. The van der Waals surface area contributed by atoms with Crippen molar-refractivity contribution >= 4 is 23.0 Å². The lowest BCUT2D eigenvalue weighted by Gasteiger charge is -2.37. The molecule has 4 rings (SSSR count). The Morgan fingerprint density at radius 2 is 1.45 bits per heavy atom. The molecule has 2 aromatic rings. The number of benzene rings is 2. The number of anilines is 2. The molecule has 2 saturated heterocycles. The number of amides is 1. The number of hydrogen-bond donors (Lipinski definition) is 0. The Hall–Kier alpha value is -3.34. The summed E-state index contributed by atoms with van der Waals surface area (Å²) in [5, 5.41) is 11.6. The van der Waals surface area contributed by atoms with Gasteiger partial charge in [0.05, 0.1) is 22.2 Å². The number of nitrogens with zero attached hydrogens (tertiary/aromatic N) is 5. The molecule has 0 radical (unpaired) electrons. The van der Waals surface area contributed by atoms with Crippen LogP contribution < -0.4 is 9.80 Å². The minimum Gasteiger partial charge on any atom is -0.367 e. The molecule has 176 valence electrons. The molecular formula is C22H24F3N5O3. The van der Waals surface area contributed by atoms with Gasteiger partial charge in [-0.2, -0.15) is 0 Å². The minimum absolute atomic E-state index is 0.189. The quantitative estimate of drug-likeness (QED) is 0.513. The van der Waals surface area contributed by atoms with Crippen molar-refractivity contribution in [3.8, 4) is 0 Å². The number of hydrogen-bond acceptors (Lipinski definition) is 6. The molecule has 2 heterocycles. The van der Waals surface area contributed by atoms with Gasteiger partial charge in [0.15, 0.2) is 5.82 Å². The summed E-state index contributed by atoms with van der Waals surface area (Å²) in [5.74, 6) is -2.92. The predicted octanol–water partition coefficient (Wildman–Crippen LogP) is 2.73. The van der Waals surface area contributed by atoms with Crippen LogP contribution in [-0.2, 0) is 0 Å². The molecular weight excluding hydrogens is 439 g/mol. The van der Waals surface area contributed by atoms with E-state index in [4.69, 9.17) is 0 Å². The van der Waals surface area contributed by atoms with E-state index in [-0.39, 0.29) is 43.1 Å². The lowest BCUT2D eigenvalue weighted by molar-refractivity contribution is -0.384. The maximum Gasteiger partial charge on any atom is 0.295 e. The van der Waals surface area contributed by atoms with Crippen molar-refractivity contribution in [2.75, 3.05) is 69.2 Å². The van der Waals surface area contributed by atoms with Crippen molar-refractivity contribution in [2.24, 2.45) is 0 Å². The van der Waals surface area contributed by atoms with Crippen molar-refractivity contribution < 1.29 is 22.9 Å². The van der Waals surface area contributed by atoms with E-state index in [2.05, 4.69) is 4.90 Å². The third-order valence-corrected chi connectivity index (χ3v) is 6.15. The summed E-state index contributed by atoms with van der Waals surface area (Å²) in [6, 6.07) is 5.25. The van der Waals surface area contributed by atoms with E-state index in [0.717, 1.165) is 31.3 Å². The first-order chi connectivity index (χ1) is 15.7. The van der Waals surface area contributed by atoms with E-state index in [0.29, 0.717) is 24.8 Å². The second kappa shape index (κ2) is 9.26. The van der Waals surface area contributed by atoms with E-state index < -0.39 is 28.3 Å². The van der Waals surface area contributed by atoms with Gasteiger partial charge < -0.3 is 19.6 Å². The van der Waals surface area contributed by atoms with Gasteiger partial charge in [0, 0.05) is 58.4 Å². The summed E-state index contributed by atoms with van der Waals surface area (Å²) in [6.07, 6.45) is 0. The van der Waals surface area contributed by atoms with Crippen molar-refractivity contribution in [1.82, 2.24) is 9.80 Å². The van der Waals surface area contributed by atoms with Crippen molar-refractivity contribution in [3.63, 3.8) is 0 Å². The van der Waals surface area contributed by atoms with Crippen LogP contribution in [-0.4, -0.2) is 80.0 Å². The van der Waals surface area contributed by atoms with Crippen LogP contribution in [0, 0.1) is 27.6 Å². The monoisotopic (exact) mass is 463 g/mol. The van der Waals surface area contributed by atoms with Gasteiger partial charge in [-0.3, -0.25) is 14.9 Å². The molecule has 0 spiro atoms. The summed E-state index contributed by atoms with van der Waals surface area (Å²) in [5.41, 5.74) is 0.0377. The average molecular weight is 463 g/mol. The molecule has 0 bridgehead atoms. The number of nitro groups is 1. The van der Waals surface area contributed by atoms with Crippen LogP contribution in [0.2, 0.25) is 0 Å². The smallest absolute Gasteiger partial charge is 0.295 e. The molecule has 2 aliphatic heterocycles. The summed E-state index contributed by atoms with van der Waals surface area (Å²) < 4.78 is 41.9. The SMILES string of the molecule is CN1CCN(c2cc(N3CCN(C(=O)c4ccc(F)cc4F)CC3)c([N+](=O)[O-])cc2F)CC1. The van der Waals surface area contributed by atoms with Crippen LogP contribution >= 0.6 is 0 Å². The second-order valence-corrected chi connectivity index (χ2v) is 8.24. The van der Waals surface area contributed by atoms with E-state index in [1.807, 2.05) is 11.9 Å². The van der Waals surface area contributed by atoms with Crippen molar-refractivity contribution in [3.05, 3.63) is 63.5 Å². The summed E-state index contributed by atoms with van der Waals surface area (Å²) in [6.45, 7) is 3.61. The lowest BCUT2D eigenvalue weighted by Crippen LogP contribution is -2.49. The van der Waals surface area contributed by atoms with Gasteiger partial charge in [-0.15, -0.1) is 0 Å². The summed E-state index contributed by atoms with van der Waals surface area (Å²) in [4.78, 5) is 30.8. The Morgan fingerprint density at radius 3 is 2.06 bits per heavy atom. The number of carbonyl (C=O) groups excluding carboxylic acids is 1. The number of carbonyl (C=O) groups is 1. The van der Waals surface area contributed by atoms with Crippen LogP contribution in [0.25, 0.3) is 0 Å². The molecule has 8 nitrogen and oxygen atoms in total. The van der Waals surface area contributed by atoms with Crippen LogP contribution in [0.1, 0.15) is 10.4 Å². The predicted molar refractivity (Wildman–Crippen MR) is 117 cm³/mol. The fourth-order valence-corrected chi connectivity index (χ4v) is 4.21. The Balaban J connectivity index is 1.53. The number of rotatable bonds is 4. The molecule has 0 N–H and O–H groups in total. The van der Waals surface area contributed by atoms with Gasteiger partial charge in [-0.25, -0.2) is 13.2 Å². The molecule has 0 unspecified atom stereocenters. The number of likely N-dealkylation sites (N-methyl/N-ethyl adjacent to an activating group) is 1. The van der Waals surface area contributed by atoms with Gasteiger partial charge in [-0.1, -0.05) is 0 Å². The third-order valence-electron chi connectivity index (χ3n) is 6.15. The summed E-state index contributed by atoms with van der Waals surface area (Å²) in [7, 11) is 1.98. The Labute approximate surface area is 188 Å². The first-order valence-electron chi connectivity index (χ1n) is 10.7. The number of halogens is 3. The van der Waals surface area contributed by atoms with Gasteiger partial charge in [-0.05, 0) is 25.2 Å². The second-order valence-electron chi connectivity index (χ2n) is 8.24. The molecule has 0 aromatic heterocycles. The Morgan fingerprint density at radius 1 is 0.848 bits per heavy atom. The van der Waals surface area contributed by atoms with Gasteiger partial charge in [0.25, 0.3) is 11.6 Å². The maximum absolute atomic E-state index is 14.8. The standard InChI is InChI=1S/C22H24F3N5O3/c1-26-4-6-27(7-5-26)19-14-20(21(30(32)33)13-18(19)25)28-8-10-29(11-9-28)22(31)16-3-2-15(23)12-17(16)24/h2-3,12-14H,4-11H2,1H3.